The van der Waals surface area contributed by atoms with E-state index in [2.05, 4.69) is 49.6 Å². The molecule has 22 nitrogen and oxygen atoms in total. The van der Waals surface area contributed by atoms with Gasteiger partial charge in [-0.2, -0.15) is 0 Å². The second-order valence-electron chi connectivity index (χ2n) is 22.1. The Morgan fingerprint density at radius 1 is 0.422 bits per heavy atom. The summed E-state index contributed by atoms with van der Waals surface area (Å²) in [7, 11) is 1.61. The van der Waals surface area contributed by atoms with Crippen molar-refractivity contribution in [2.45, 2.75) is 56.5 Å². The molecule has 0 aliphatic carbocycles. The number of carbonyl (C=O) groups is 4. The molecule has 4 unspecified atom stereocenters. The monoisotopic (exact) mass is 1470 g/mol. The maximum absolute atomic E-state index is 13.9. The third-order valence-corrected chi connectivity index (χ3v) is 16.4. The summed E-state index contributed by atoms with van der Waals surface area (Å²) in [6.07, 6.45) is -1.07. The normalized spacial score (nSPS) is 15.9. The number of pyridine rings is 1. The average molecular weight is 1470 g/mol. The summed E-state index contributed by atoms with van der Waals surface area (Å²) in [5.41, 5.74) is 5.86. The summed E-state index contributed by atoms with van der Waals surface area (Å²) in [5, 5.41) is -0.148. The van der Waals surface area contributed by atoms with Gasteiger partial charge in [0.2, 0.25) is 21.1 Å². The Kier molecular flexibility index (Phi) is 20.1. The Morgan fingerprint density at radius 2 is 0.824 bits per heavy atom. The average Bonchev–Trinajstić information content (AvgIpc) is 1.59. The van der Waals surface area contributed by atoms with Crippen LogP contribution in [0.1, 0.15) is 111 Å². The smallest absolute Gasteiger partial charge is 0.497 e. The fourth-order valence-electron chi connectivity index (χ4n) is 11.3. The highest BCUT2D eigenvalue weighted by Gasteiger charge is 2.43. The Morgan fingerprint density at radius 3 is 1.25 bits per heavy atom. The topological polar surface area (TPSA) is 279 Å². The van der Waals surface area contributed by atoms with Crippen LogP contribution in [0.3, 0.4) is 0 Å². The molecule has 0 radical (unpaired) electrons. The second kappa shape index (κ2) is 29.7. The molecule has 8 aromatic heterocycles. The molecule has 12 heterocycles. The number of benzene rings is 4. The third-order valence-electron chi connectivity index (χ3n) is 15.7. The molecule has 0 bridgehead atoms. The van der Waals surface area contributed by atoms with E-state index < -0.39 is 66.3 Å². The zero-order valence-corrected chi connectivity index (χ0v) is 55.1. The number of para-hydroxylation sites is 1. The van der Waals surface area contributed by atoms with Gasteiger partial charge in [-0.3, -0.25) is 4.98 Å². The molecule has 0 amide bonds. The van der Waals surface area contributed by atoms with Gasteiger partial charge in [-0.25, -0.2) is 67.8 Å². The lowest BCUT2D eigenvalue weighted by Crippen LogP contribution is -2.18. The number of cyclic esters (lactones) is 4. The molecule has 4 aliphatic rings. The molecule has 0 saturated heterocycles. The fraction of sp³-hybridized carbons (Fsp3) is 0.141. The minimum Gasteiger partial charge on any atom is -0.497 e. The van der Waals surface area contributed by atoms with Crippen molar-refractivity contribution in [1.82, 2.24) is 44.9 Å². The van der Waals surface area contributed by atoms with Gasteiger partial charge in [-0.1, -0.05) is 72.8 Å². The second-order valence-corrected chi connectivity index (χ2v) is 23.5. The van der Waals surface area contributed by atoms with Crippen molar-refractivity contribution in [3.8, 4) is 57.2 Å². The Hall–Kier alpha value is -11.5. The van der Waals surface area contributed by atoms with Gasteiger partial charge < -0.3 is 41.7 Å². The van der Waals surface area contributed by atoms with Crippen molar-refractivity contribution in [3.05, 3.63) is 277 Å². The number of fused-ring (bicyclic) bond motifs is 4. The van der Waals surface area contributed by atoms with Crippen molar-refractivity contribution in [2.24, 2.45) is 0 Å². The quantitative estimate of drug-likeness (QED) is 0.0423. The van der Waals surface area contributed by atoms with E-state index in [0.29, 0.717) is 69.7 Å². The summed E-state index contributed by atoms with van der Waals surface area (Å²) in [6.45, 7) is 0. The fourth-order valence-corrected chi connectivity index (χ4v) is 12.0. The molecular formula is C71H44Cl4F5N9O13. The molecule has 514 valence electrons. The van der Waals surface area contributed by atoms with E-state index in [0.717, 1.165) is 29.0 Å². The maximum atomic E-state index is 13.9. The molecule has 31 heteroatoms. The van der Waals surface area contributed by atoms with E-state index in [4.69, 9.17) is 83.3 Å². The molecule has 0 saturated carbocycles. The molecule has 4 atom stereocenters. The van der Waals surface area contributed by atoms with Gasteiger partial charge in [0.15, 0.2) is 17.3 Å². The summed E-state index contributed by atoms with van der Waals surface area (Å²) in [6, 6.07) is 41.7. The third kappa shape index (κ3) is 15.1. The Balaban J connectivity index is 0.000000122. The Labute approximate surface area is 592 Å². The highest BCUT2D eigenvalue weighted by atomic mass is 35.5. The number of alkyl halides is 3. The standard InChI is InChI=1S/C18H10ClF3N2O4.C18H12ClN3O2.C18H13ClN2O4.C17H9ClF2N2O3/c19-17-23-14(11-6-3-7-26-11)13-15(24-17)12(27-16(13)25)8-9-4-1-2-5-10(9)28-18(20,21)22;19-18-21-15(12-8-4-5-9-20-12)14-16(22-18)13(24-17(14)23)10-11-6-2-1-3-7-11;1-23-11-6-4-10(5-7-11)9-13-16-14(17(22)25-13)15(20-18(19)21-16)12-3-2-8-24-12;18-17-21-14(11-5-2-6-24-11)13-15(22-17)12(25-16(13)23)7-8-9(19)3-1-4-10(8)20/h1-7,12H,8H2;1-9,13H,10H2;2-8,13H,9H2,1H3;1-6,12H,7H2. The van der Waals surface area contributed by atoms with Gasteiger partial charge in [-0.05, 0) is 142 Å². The first-order valence-corrected chi connectivity index (χ1v) is 31.8. The van der Waals surface area contributed by atoms with E-state index in [1.165, 1.54) is 43.1 Å². The van der Waals surface area contributed by atoms with E-state index in [9.17, 15) is 41.1 Å². The molecule has 12 aromatic rings. The van der Waals surface area contributed by atoms with E-state index in [1.54, 1.807) is 67.9 Å². The lowest BCUT2D eigenvalue weighted by molar-refractivity contribution is -0.275. The van der Waals surface area contributed by atoms with Crippen LogP contribution in [0.25, 0.3) is 45.8 Å². The summed E-state index contributed by atoms with van der Waals surface area (Å²) < 4.78 is 112. The SMILES string of the molecule is COc1ccc(CC2OC(=O)c3c(-c4ccco4)nc(Cl)nc32)cc1.O=C1OC(Cc2c(F)cccc2F)c2nc(Cl)nc(-c3ccco3)c21.O=C1OC(Cc2ccccc2)c2nc(Cl)nc(-c3ccccn3)c21.O=C1OC(Cc2ccccc2OC(F)(F)F)c2nc(Cl)nc(-c3ccco3)c21. The van der Waals surface area contributed by atoms with Crippen LogP contribution in [0.15, 0.2) is 190 Å². The lowest BCUT2D eigenvalue weighted by atomic mass is 10.0. The summed E-state index contributed by atoms with van der Waals surface area (Å²) in [5.74, 6) is -2.34. The van der Waals surface area contributed by atoms with E-state index in [-0.39, 0.29) is 84.8 Å². The van der Waals surface area contributed by atoms with Crippen LogP contribution in [0.2, 0.25) is 21.1 Å². The van der Waals surface area contributed by atoms with Gasteiger partial charge in [0.1, 0.15) is 115 Å². The van der Waals surface area contributed by atoms with Gasteiger partial charge in [-0.15, -0.1) is 13.2 Å². The number of hydrogen-bond acceptors (Lipinski definition) is 22. The van der Waals surface area contributed by atoms with Crippen molar-refractivity contribution in [1.29, 1.82) is 0 Å². The van der Waals surface area contributed by atoms with E-state index in [1.807, 2.05) is 60.7 Å². The zero-order valence-electron chi connectivity index (χ0n) is 52.1. The molecule has 16 rings (SSSR count). The highest BCUT2D eigenvalue weighted by Crippen LogP contribution is 2.43. The molecule has 102 heavy (non-hydrogen) atoms. The largest absolute Gasteiger partial charge is 0.573 e. The number of furan rings is 3. The predicted octanol–water partition coefficient (Wildman–Crippen LogP) is 16.4. The first-order valence-electron chi connectivity index (χ1n) is 30.3. The van der Waals surface area contributed by atoms with Crippen molar-refractivity contribution < 1.29 is 82.8 Å². The van der Waals surface area contributed by atoms with Crippen LogP contribution >= 0.6 is 46.4 Å². The molecule has 0 N–H and O–H groups in total. The number of halogens is 9. The van der Waals surface area contributed by atoms with Gasteiger partial charge in [0, 0.05) is 37.4 Å². The maximum Gasteiger partial charge on any atom is 0.573 e. The zero-order chi connectivity index (χ0) is 71.3. The van der Waals surface area contributed by atoms with Crippen LogP contribution in [0.5, 0.6) is 11.5 Å². The first-order chi connectivity index (χ1) is 49.2. The number of methoxy groups -OCH3 is 1. The minimum absolute atomic E-state index is 0.0446. The van der Waals surface area contributed by atoms with E-state index >= 15 is 0 Å². The van der Waals surface area contributed by atoms with Crippen molar-refractivity contribution in [3.63, 3.8) is 0 Å². The molecule has 4 aromatic carbocycles. The highest BCUT2D eigenvalue weighted by molar-refractivity contribution is 6.29. The molecule has 4 aliphatic heterocycles. The number of ether oxygens (including phenoxy) is 6. The summed E-state index contributed by atoms with van der Waals surface area (Å²) in [4.78, 5) is 86.7. The number of aromatic nitrogens is 9. The van der Waals surface area contributed by atoms with Crippen LogP contribution in [-0.4, -0.2) is 82.2 Å². The minimum atomic E-state index is -4.85. The van der Waals surface area contributed by atoms with Crippen LogP contribution in [0.4, 0.5) is 22.0 Å². The number of hydrogen-bond donors (Lipinski definition) is 0. The molecular weight excluding hydrogens is 1420 g/mol. The van der Waals surface area contributed by atoms with Gasteiger partial charge >= 0.3 is 30.2 Å². The molecule has 0 spiro atoms. The van der Waals surface area contributed by atoms with Crippen LogP contribution in [0, 0.1) is 11.6 Å². The first kappa shape index (κ1) is 69.0. The number of carbonyl (C=O) groups excluding carboxylic acids is 4. The Bertz CT molecular complexity index is 5090. The number of esters is 4. The summed E-state index contributed by atoms with van der Waals surface area (Å²) >= 11 is 24.1. The predicted molar refractivity (Wildman–Crippen MR) is 351 cm³/mol. The number of rotatable bonds is 14. The molecule has 0 fully saturated rings. The van der Waals surface area contributed by atoms with Gasteiger partial charge in [0.05, 0.1) is 31.6 Å². The van der Waals surface area contributed by atoms with Crippen molar-refractivity contribution in [2.75, 3.05) is 7.11 Å². The number of nitrogens with zero attached hydrogens (tertiary/aromatic N) is 9. The van der Waals surface area contributed by atoms with Crippen LogP contribution in [-0.2, 0) is 44.6 Å². The lowest BCUT2D eigenvalue weighted by Gasteiger charge is -2.15. The van der Waals surface area contributed by atoms with Crippen molar-refractivity contribution >= 4 is 70.3 Å². The van der Waals surface area contributed by atoms with Crippen LogP contribution < -0.4 is 9.47 Å². The van der Waals surface area contributed by atoms with Gasteiger partial charge in [0.25, 0.3) is 0 Å².